The Kier molecular flexibility index (Phi) is 15.8. The fourth-order valence-corrected chi connectivity index (χ4v) is 7.10. The first-order chi connectivity index (χ1) is 26.5. The van der Waals surface area contributed by atoms with Gasteiger partial charge in [-0.25, -0.2) is 13.9 Å². The summed E-state index contributed by atoms with van der Waals surface area (Å²) in [5.41, 5.74) is -1.09. The fourth-order valence-electron chi connectivity index (χ4n) is 5.97. The Bertz CT molecular complexity index is 1720. The van der Waals surface area contributed by atoms with Gasteiger partial charge < -0.3 is 47.4 Å². The second-order valence-corrected chi connectivity index (χ2v) is 13.9. The number of carbonyl (C=O) groups is 7. The van der Waals surface area contributed by atoms with Crippen LogP contribution in [0.2, 0.25) is 0 Å². The average molecular weight is 810 g/mol. The molecule has 1 aromatic heterocycles. The molecule has 2 saturated heterocycles. The smallest absolute Gasteiger partial charge is 0.349 e. The molecular formula is C36H45N2O17S+. The zero-order chi connectivity index (χ0) is 41.1. The summed E-state index contributed by atoms with van der Waals surface area (Å²) in [6.45, 7) is 5.30. The van der Waals surface area contributed by atoms with Crippen LogP contribution in [0.3, 0.4) is 0 Å². The van der Waals surface area contributed by atoms with Crippen LogP contribution in [0.5, 0.6) is 0 Å². The van der Waals surface area contributed by atoms with Crippen LogP contribution in [-0.4, -0.2) is 120 Å². The summed E-state index contributed by atoms with van der Waals surface area (Å²) in [4.78, 5) is 87.9. The molecule has 0 aliphatic carbocycles. The normalized spacial score (nSPS) is 27.2. The van der Waals surface area contributed by atoms with Crippen molar-refractivity contribution in [2.24, 2.45) is 7.05 Å². The maximum absolute atomic E-state index is 13.5. The first-order valence-corrected chi connectivity index (χ1v) is 18.2. The van der Waals surface area contributed by atoms with Crippen LogP contribution in [0, 0.1) is 0 Å². The van der Waals surface area contributed by atoms with E-state index in [1.54, 1.807) is 60.7 Å². The van der Waals surface area contributed by atoms with Gasteiger partial charge in [0.1, 0.15) is 36.6 Å². The SMILES string of the molecule is CC(=O)OC[C@H]1O[C@@H](OC[C@H]2O[C@@H](Sc3ccccc3)[C@H](OC(C)=O)[C@@H](OC(C)=O)[C@@H]2OC(=O)Cn2cc[n+](C)c2)[C@H](OC(C)=O)[C@@H](OC(C)=O)[C@@H]1OC(C)=O. The number of ether oxygens (including phenoxy) is 10. The third kappa shape index (κ3) is 12.8. The molecule has 2 fully saturated rings. The van der Waals surface area contributed by atoms with Crippen LogP contribution in [0.25, 0.3) is 0 Å². The molecule has 0 N–H and O–H groups in total. The summed E-state index contributed by atoms with van der Waals surface area (Å²) >= 11 is 1.12. The first kappa shape index (κ1) is 43.7. The zero-order valence-corrected chi connectivity index (χ0v) is 32.6. The molecule has 0 saturated carbocycles. The molecule has 19 nitrogen and oxygen atoms in total. The van der Waals surface area contributed by atoms with Gasteiger partial charge >= 0.3 is 41.8 Å². The largest absolute Gasteiger partial charge is 0.463 e. The summed E-state index contributed by atoms with van der Waals surface area (Å²) in [7, 11) is 1.75. The van der Waals surface area contributed by atoms with Crippen molar-refractivity contribution in [2.75, 3.05) is 13.2 Å². The Morgan fingerprint density at radius 3 is 1.71 bits per heavy atom. The molecule has 56 heavy (non-hydrogen) atoms. The highest BCUT2D eigenvalue weighted by atomic mass is 32.2. The van der Waals surface area contributed by atoms with Crippen molar-refractivity contribution >= 4 is 53.5 Å². The lowest BCUT2D eigenvalue weighted by molar-refractivity contribution is -0.671. The molecule has 0 amide bonds. The molecule has 0 unspecified atom stereocenters. The highest BCUT2D eigenvalue weighted by Crippen LogP contribution is 2.38. The Labute approximate surface area is 326 Å². The van der Waals surface area contributed by atoms with Crippen LogP contribution >= 0.6 is 11.8 Å². The van der Waals surface area contributed by atoms with Gasteiger partial charge in [0.15, 0.2) is 49.5 Å². The number of benzene rings is 1. The molecule has 4 rings (SSSR count). The van der Waals surface area contributed by atoms with E-state index in [1.165, 1.54) is 4.57 Å². The third-order valence-corrected chi connectivity index (χ3v) is 9.12. The van der Waals surface area contributed by atoms with Gasteiger partial charge in [0, 0.05) is 46.4 Å². The first-order valence-electron chi connectivity index (χ1n) is 17.3. The van der Waals surface area contributed by atoms with E-state index in [0.717, 1.165) is 53.3 Å². The summed E-state index contributed by atoms with van der Waals surface area (Å²) in [6.07, 6.45) is -8.13. The van der Waals surface area contributed by atoms with Gasteiger partial charge in [-0.05, 0) is 12.1 Å². The number of aromatic nitrogens is 2. The number of imidazole rings is 1. The standard InChI is InChI=1S/C36H45N2O17S/c1-19(39)46-16-26-29(48-20(2)40)31(49-21(3)41)33(51-23(5)43)35(53-26)47-17-27-30(55-28(45)15-38-14-13-37(7)18-38)32(50-22(4)42)34(52-24(6)44)36(54-27)56-25-11-9-8-10-12-25/h8-14,18,26-27,29-36H,15-17H2,1-7H3/q+1/t26-,27-,29-,30-,31+,32+,33-,34-,35-,36+/m1/s1. The van der Waals surface area contributed by atoms with Crippen molar-refractivity contribution in [2.45, 2.75) is 114 Å². The van der Waals surface area contributed by atoms with Gasteiger partial charge in [0.25, 0.3) is 0 Å². The predicted octanol–water partition coefficient (Wildman–Crippen LogP) is 0.705. The molecule has 306 valence electrons. The zero-order valence-electron chi connectivity index (χ0n) is 31.8. The second kappa shape index (κ2) is 20.2. The van der Waals surface area contributed by atoms with Gasteiger partial charge in [-0.2, -0.15) is 0 Å². The number of rotatable bonds is 15. The highest BCUT2D eigenvalue weighted by Gasteiger charge is 2.55. The van der Waals surface area contributed by atoms with E-state index in [4.69, 9.17) is 47.4 Å². The van der Waals surface area contributed by atoms with Gasteiger partial charge in [-0.15, -0.1) is 0 Å². The number of hydrogen-bond donors (Lipinski definition) is 0. The molecule has 3 heterocycles. The van der Waals surface area contributed by atoms with Gasteiger partial charge in [-0.1, -0.05) is 30.0 Å². The van der Waals surface area contributed by atoms with Crippen molar-refractivity contribution in [3.8, 4) is 0 Å². The average Bonchev–Trinajstić information content (AvgIpc) is 3.51. The minimum Gasteiger partial charge on any atom is -0.463 e. The Balaban J connectivity index is 1.75. The molecule has 1 aromatic carbocycles. The molecule has 0 spiro atoms. The third-order valence-electron chi connectivity index (χ3n) is 7.97. The van der Waals surface area contributed by atoms with Crippen molar-refractivity contribution in [3.05, 3.63) is 49.1 Å². The van der Waals surface area contributed by atoms with Crippen LogP contribution < -0.4 is 4.57 Å². The molecule has 2 aliphatic rings. The van der Waals surface area contributed by atoms with E-state index >= 15 is 0 Å². The number of carbonyl (C=O) groups excluding carboxylic acids is 7. The predicted molar refractivity (Wildman–Crippen MR) is 185 cm³/mol. The van der Waals surface area contributed by atoms with Gasteiger partial charge in [-0.3, -0.25) is 28.8 Å². The molecular weight excluding hydrogens is 764 g/mol. The van der Waals surface area contributed by atoms with Crippen molar-refractivity contribution in [1.29, 1.82) is 0 Å². The highest BCUT2D eigenvalue weighted by molar-refractivity contribution is 7.99. The number of nitrogens with zero attached hydrogens (tertiary/aromatic N) is 2. The topological polar surface area (TPSA) is 221 Å². The van der Waals surface area contributed by atoms with Crippen molar-refractivity contribution in [3.63, 3.8) is 0 Å². The molecule has 10 atom stereocenters. The lowest BCUT2D eigenvalue weighted by atomic mass is 9.97. The van der Waals surface area contributed by atoms with Crippen molar-refractivity contribution < 1.29 is 85.5 Å². The van der Waals surface area contributed by atoms with E-state index in [1.807, 2.05) is 0 Å². The van der Waals surface area contributed by atoms with E-state index < -0.39 is 116 Å². The second-order valence-electron chi connectivity index (χ2n) is 12.7. The van der Waals surface area contributed by atoms with Gasteiger partial charge in [0.05, 0.1) is 13.7 Å². The maximum atomic E-state index is 13.5. The van der Waals surface area contributed by atoms with Crippen LogP contribution in [0.4, 0.5) is 0 Å². The van der Waals surface area contributed by atoms with E-state index in [0.29, 0.717) is 4.90 Å². The monoisotopic (exact) mass is 809 g/mol. The summed E-state index contributed by atoms with van der Waals surface area (Å²) in [6, 6.07) is 8.87. The fraction of sp³-hybridized carbons (Fsp3) is 0.556. The van der Waals surface area contributed by atoms with E-state index in [9.17, 15) is 33.6 Å². The summed E-state index contributed by atoms with van der Waals surface area (Å²) < 4.78 is 60.8. The molecule has 0 bridgehead atoms. The van der Waals surface area contributed by atoms with Gasteiger partial charge in [0.2, 0.25) is 6.33 Å². The lowest BCUT2D eigenvalue weighted by Crippen LogP contribution is -2.64. The molecule has 20 heteroatoms. The van der Waals surface area contributed by atoms with Crippen molar-refractivity contribution in [1.82, 2.24) is 4.57 Å². The lowest BCUT2D eigenvalue weighted by Gasteiger charge is -2.46. The summed E-state index contributed by atoms with van der Waals surface area (Å²) in [5, 5.41) is 0. The number of hydrogen-bond acceptors (Lipinski definition) is 18. The minimum atomic E-state index is -1.63. The summed E-state index contributed by atoms with van der Waals surface area (Å²) in [5.74, 6) is -5.58. The van der Waals surface area contributed by atoms with Crippen LogP contribution in [0.1, 0.15) is 41.5 Å². The molecule has 0 radical (unpaired) electrons. The van der Waals surface area contributed by atoms with E-state index in [-0.39, 0.29) is 6.54 Å². The molecule has 2 aromatic rings. The Morgan fingerprint density at radius 1 is 0.643 bits per heavy atom. The number of aryl methyl sites for hydroxylation is 1. The quantitative estimate of drug-likeness (QED) is 0.137. The Hall–Kier alpha value is -5.05. The number of thioether (sulfide) groups is 1. The van der Waals surface area contributed by atoms with E-state index in [2.05, 4.69) is 0 Å². The van der Waals surface area contributed by atoms with Crippen LogP contribution in [0.15, 0.2) is 53.9 Å². The minimum absolute atomic E-state index is 0.280. The Morgan fingerprint density at radius 2 is 1.16 bits per heavy atom. The molecule has 2 aliphatic heterocycles. The number of esters is 7. The maximum Gasteiger partial charge on any atom is 0.349 e. The van der Waals surface area contributed by atoms with Crippen LogP contribution in [-0.2, 0) is 94.5 Å².